The Bertz CT molecular complexity index is 831. The number of aromatic amines is 1. The standard InChI is InChI=1S/C16H15F3N4O2/c17-16(18,19)12-8-14(24)22-13(21-12)9-20-10-3-5-11(6-4-10)23-7-1-2-15(23)25/h3-6,8,20H,1-2,7,9H2,(H,21,22,24). The summed E-state index contributed by atoms with van der Waals surface area (Å²) in [7, 11) is 0. The fraction of sp³-hybridized carbons (Fsp3) is 0.312. The van der Waals surface area contributed by atoms with Crippen molar-refractivity contribution < 1.29 is 18.0 Å². The molecule has 2 heterocycles. The number of benzene rings is 1. The van der Waals surface area contributed by atoms with Gasteiger partial charge in [-0.15, -0.1) is 0 Å². The number of anilines is 2. The predicted molar refractivity (Wildman–Crippen MR) is 85.2 cm³/mol. The van der Waals surface area contributed by atoms with E-state index in [9.17, 15) is 22.8 Å². The van der Waals surface area contributed by atoms with E-state index < -0.39 is 17.4 Å². The van der Waals surface area contributed by atoms with Crippen LogP contribution in [0.15, 0.2) is 35.1 Å². The summed E-state index contributed by atoms with van der Waals surface area (Å²) in [5.41, 5.74) is -0.674. The zero-order valence-electron chi connectivity index (χ0n) is 13.1. The van der Waals surface area contributed by atoms with Gasteiger partial charge in [0, 0.05) is 30.4 Å². The summed E-state index contributed by atoms with van der Waals surface area (Å²) in [5, 5.41) is 2.89. The number of carbonyl (C=O) groups excluding carboxylic acids is 1. The predicted octanol–water partition coefficient (Wildman–Crippen LogP) is 2.53. The zero-order valence-corrected chi connectivity index (χ0v) is 13.1. The Balaban J connectivity index is 1.69. The lowest BCUT2D eigenvalue weighted by Gasteiger charge is -2.16. The van der Waals surface area contributed by atoms with Crippen molar-refractivity contribution in [3.8, 4) is 0 Å². The molecule has 6 nitrogen and oxygen atoms in total. The first-order valence-electron chi connectivity index (χ1n) is 7.65. The smallest absolute Gasteiger partial charge is 0.378 e. The van der Waals surface area contributed by atoms with Gasteiger partial charge < -0.3 is 15.2 Å². The van der Waals surface area contributed by atoms with E-state index in [1.165, 1.54) is 0 Å². The summed E-state index contributed by atoms with van der Waals surface area (Å²) < 4.78 is 38.0. The first kappa shape index (κ1) is 17.0. The van der Waals surface area contributed by atoms with Crippen LogP contribution in [0.3, 0.4) is 0 Å². The van der Waals surface area contributed by atoms with Gasteiger partial charge in [-0.1, -0.05) is 0 Å². The van der Waals surface area contributed by atoms with Crippen molar-refractivity contribution in [3.05, 3.63) is 52.2 Å². The van der Waals surface area contributed by atoms with Crippen molar-refractivity contribution in [2.75, 3.05) is 16.8 Å². The normalized spacial score (nSPS) is 14.8. The van der Waals surface area contributed by atoms with Gasteiger partial charge in [0.05, 0.1) is 6.54 Å². The Morgan fingerprint density at radius 1 is 1.20 bits per heavy atom. The van der Waals surface area contributed by atoms with Gasteiger partial charge in [-0.05, 0) is 30.7 Å². The van der Waals surface area contributed by atoms with Crippen molar-refractivity contribution in [1.29, 1.82) is 0 Å². The summed E-state index contributed by atoms with van der Waals surface area (Å²) in [4.78, 5) is 30.4. The molecule has 0 unspecified atom stereocenters. The first-order chi connectivity index (χ1) is 11.8. The molecular weight excluding hydrogens is 337 g/mol. The summed E-state index contributed by atoms with van der Waals surface area (Å²) >= 11 is 0. The molecule has 1 aromatic carbocycles. The number of carbonyl (C=O) groups is 1. The second-order valence-electron chi connectivity index (χ2n) is 5.62. The number of halogens is 3. The minimum Gasteiger partial charge on any atom is -0.378 e. The molecule has 0 spiro atoms. The van der Waals surface area contributed by atoms with E-state index in [4.69, 9.17) is 0 Å². The van der Waals surface area contributed by atoms with Crippen molar-refractivity contribution in [1.82, 2.24) is 9.97 Å². The lowest BCUT2D eigenvalue weighted by molar-refractivity contribution is -0.141. The fourth-order valence-electron chi connectivity index (χ4n) is 2.60. The molecule has 1 fully saturated rings. The molecule has 0 radical (unpaired) electrons. The number of alkyl halides is 3. The highest BCUT2D eigenvalue weighted by atomic mass is 19.4. The molecule has 9 heteroatoms. The molecule has 3 rings (SSSR count). The highest BCUT2D eigenvalue weighted by Crippen LogP contribution is 2.26. The van der Waals surface area contributed by atoms with Crippen molar-refractivity contribution in [2.24, 2.45) is 0 Å². The molecule has 25 heavy (non-hydrogen) atoms. The molecule has 132 valence electrons. The maximum absolute atomic E-state index is 12.7. The molecule has 2 N–H and O–H groups in total. The second kappa shape index (κ2) is 6.58. The fourth-order valence-corrected chi connectivity index (χ4v) is 2.60. The Kier molecular flexibility index (Phi) is 4.47. The van der Waals surface area contributed by atoms with E-state index in [-0.39, 0.29) is 18.3 Å². The Morgan fingerprint density at radius 3 is 2.52 bits per heavy atom. The molecular formula is C16H15F3N4O2. The van der Waals surface area contributed by atoms with E-state index in [2.05, 4.69) is 15.3 Å². The van der Waals surface area contributed by atoms with Gasteiger partial charge in [0.25, 0.3) is 5.56 Å². The van der Waals surface area contributed by atoms with Gasteiger partial charge >= 0.3 is 6.18 Å². The average molecular weight is 352 g/mol. The van der Waals surface area contributed by atoms with Crippen LogP contribution in [-0.4, -0.2) is 22.4 Å². The first-order valence-corrected chi connectivity index (χ1v) is 7.65. The molecule has 1 amide bonds. The molecule has 2 aromatic rings. The zero-order chi connectivity index (χ0) is 18.0. The molecule has 1 aromatic heterocycles. The van der Waals surface area contributed by atoms with Crippen LogP contribution in [0.4, 0.5) is 24.5 Å². The van der Waals surface area contributed by atoms with E-state index in [0.717, 1.165) is 12.1 Å². The van der Waals surface area contributed by atoms with Crippen LogP contribution in [0.25, 0.3) is 0 Å². The van der Waals surface area contributed by atoms with Gasteiger partial charge in [0.1, 0.15) is 5.82 Å². The van der Waals surface area contributed by atoms with Gasteiger partial charge in [-0.3, -0.25) is 9.59 Å². The Labute approximate surface area is 140 Å². The van der Waals surface area contributed by atoms with Gasteiger partial charge in [0.2, 0.25) is 5.91 Å². The minimum atomic E-state index is -4.67. The minimum absolute atomic E-state index is 0.0683. The van der Waals surface area contributed by atoms with Crippen LogP contribution in [0.2, 0.25) is 0 Å². The summed E-state index contributed by atoms with van der Waals surface area (Å²) in [6, 6.07) is 7.37. The van der Waals surface area contributed by atoms with Crippen LogP contribution in [0, 0.1) is 0 Å². The second-order valence-corrected chi connectivity index (χ2v) is 5.62. The average Bonchev–Trinajstić information content (AvgIpc) is 2.98. The number of nitrogens with one attached hydrogen (secondary N) is 2. The molecule has 1 aliphatic rings. The quantitative estimate of drug-likeness (QED) is 0.886. The van der Waals surface area contributed by atoms with Crippen LogP contribution < -0.4 is 15.8 Å². The van der Waals surface area contributed by atoms with Crippen LogP contribution in [0.1, 0.15) is 24.4 Å². The van der Waals surface area contributed by atoms with Gasteiger partial charge in [0.15, 0.2) is 5.69 Å². The number of hydrogen-bond acceptors (Lipinski definition) is 4. The van der Waals surface area contributed by atoms with Crippen molar-refractivity contribution in [3.63, 3.8) is 0 Å². The molecule has 0 aliphatic carbocycles. The molecule has 0 bridgehead atoms. The number of aromatic nitrogens is 2. The number of amides is 1. The van der Waals surface area contributed by atoms with E-state index in [1.54, 1.807) is 29.2 Å². The maximum Gasteiger partial charge on any atom is 0.433 e. The lowest BCUT2D eigenvalue weighted by atomic mass is 10.2. The van der Waals surface area contributed by atoms with Crippen LogP contribution in [-0.2, 0) is 17.5 Å². The molecule has 0 atom stereocenters. The van der Waals surface area contributed by atoms with Gasteiger partial charge in [-0.2, -0.15) is 13.2 Å². The largest absolute Gasteiger partial charge is 0.433 e. The highest BCUT2D eigenvalue weighted by Gasteiger charge is 2.33. The highest BCUT2D eigenvalue weighted by molar-refractivity contribution is 5.95. The van der Waals surface area contributed by atoms with Crippen molar-refractivity contribution >= 4 is 17.3 Å². The van der Waals surface area contributed by atoms with Crippen LogP contribution >= 0.6 is 0 Å². The summed E-state index contributed by atoms with van der Waals surface area (Å²) in [6.07, 6.45) is -3.31. The van der Waals surface area contributed by atoms with E-state index in [1.807, 2.05) is 0 Å². The summed E-state index contributed by atoms with van der Waals surface area (Å²) in [6.45, 7) is 0.613. The topological polar surface area (TPSA) is 78.1 Å². The third-order valence-corrected chi connectivity index (χ3v) is 3.79. The van der Waals surface area contributed by atoms with Crippen LogP contribution in [0.5, 0.6) is 0 Å². The maximum atomic E-state index is 12.7. The third kappa shape index (κ3) is 3.98. The lowest BCUT2D eigenvalue weighted by Crippen LogP contribution is -2.23. The SMILES string of the molecule is O=C1CCCN1c1ccc(NCc2nc(C(F)(F)F)cc(=O)[nH]2)cc1. The Hall–Kier alpha value is -2.84. The van der Waals surface area contributed by atoms with Gasteiger partial charge in [-0.25, -0.2) is 4.98 Å². The van der Waals surface area contributed by atoms with E-state index in [0.29, 0.717) is 24.7 Å². The third-order valence-electron chi connectivity index (χ3n) is 3.79. The molecule has 1 aliphatic heterocycles. The Morgan fingerprint density at radius 2 is 1.92 bits per heavy atom. The number of H-pyrrole nitrogens is 1. The molecule has 1 saturated heterocycles. The molecule has 0 saturated carbocycles. The number of nitrogens with zero attached hydrogens (tertiary/aromatic N) is 2. The van der Waals surface area contributed by atoms with Crippen molar-refractivity contribution in [2.45, 2.75) is 25.6 Å². The number of hydrogen-bond donors (Lipinski definition) is 2. The number of rotatable bonds is 4. The monoisotopic (exact) mass is 352 g/mol. The van der Waals surface area contributed by atoms with E-state index >= 15 is 0 Å². The summed E-state index contributed by atoms with van der Waals surface area (Å²) in [5.74, 6) is -0.0370.